The second-order valence-corrected chi connectivity index (χ2v) is 6.31. The summed E-state index contributed by atoms with van der Waals surface area (Å²) in [6.07, 6.45) is 4.12. The Morgan fingerprint density at radius 3 is 2.65 bits per heavy atom. The van der Waals surface area contributed by atoms with Gasteiger partial charge in [0.25, 0.3) is 5.91 Å². The second kappa shape index (κ2) is 6.88. The van der Waals surface area contributed by atoms with Gasteiger partial charge in [0.2, 0.25) is 0 Å². The topological polar surface area (TPSA) is 66.4 Å². The predicted octanol–water partition coefficient (Wildman–Crippen LogP) is 2.93. The number of carboxylic acid groups (broad SMARTS) is 1. The molecule has 1 aromatic rings. The highest BCUT2D eigenvalue weighted by Gasteiger charge is 2.26. The molecule has 0 aliphatic heterocycles. The van der Waals surface area contributed by atoms with Crippen molar-refractivity contribution in [3.05, 3.63) is 21.9 Å². The van der Waals surface area contributed by atoms with Crippen LogP contribution >= 0.6 is 11.3 Å². The molecule has 1 amide bonds. The predicted molar refractivity (Wildman–Crippen MR) is 79.1 cm³/mol. The maximum atomic E-state index is 12.1. The summed E-state index contributed by atoms with van der Waals surface area (Å²) in [4.78, 5) is 23.8. The van der Waals surface area contributed by atoms with Gasteiger partial charge < -0.3 is 10.4 Å². The fourth-order valence-corrected chi connectivity index (χ4v) is 3.66. The fourth-order valence-electron chi connectivity index (χ4n) is 2.74. The van der Waals surface area contributed by atoms with E-state index in [1.54, 1.807) is 0 Å². The van der Waals surface area contributed by atoms with Crippen LogP contribution in [0, 0.1) is 11.8 Å². The number of carbonyl (C=O) groups is 2. The largest absolute Gasteiger partial charge is 0.481 e. The van der Waals surface area contributed by atoms with Gasteiger partial charge in [-0.25, -0.2) is 0 Å². The van der Waals surface area contributed by atoms with Crippen molar-refractivity contribution in [3.8, 4) is 0 Å². The Bertz CT molecular complexity index is 475. The van der Waals surface area contributed by atoms with E-state index in [0.29, 0.717) is 12.5 Å². The molecule has 0 spiro atoms. The normalized spacial score (nSPS) is 22.4. The summed E-state index contributed by atoms with van der Waals surface area (Å²) >= 11 is 1.48. The van der Waals surface area contributed by atoms with Gasteiger partial charge in [0, 0.05) is 6.54 Å². The minimum atomic E-state index is -0.682. The molecule has 0 aromatic carbocycles. The van der Waals surface area contributed by atoms with Crippen molar-refractivity contribution in [1.82, 2.24) is 5.32 Å². The lowest BCUT2D eigenvalue weighted by atomic mass is 9.82. The minimum absolute atomic E-state index is 0.0113. The number of carbonyl (C=O) groups excluding carboxylic acids is 1. The maximum absolute atomic E-state index is 12.1. The molecule has 1 fully saturated rings. The number of hydrogen-bond acceptors (Lipinski definition) is 3. The van der Waals surface area contributed by atoms with Gasteiger partial charge in [-0.05, 0) is 55.0 Å². The molecular formula is C15H21NO3S. The third-order valence-corrected chi connectivity index (χ3v) is 5.04. The maximum Gasteiger partial charge on any atom is 0.306 e. The summed E-state index contributed by atoms with van der Waals surface area (Å²) in [6, 6.07) is 2.00. The summed E-state index contributed by atoms with van der Waals surface area (Å²) in [5.41, 5.74) is 1.10. The average molecular weight is 295 g/mol. The molecule has 4 nitrogen and oxygen atoms in total. The zero-order valence-electron chi connectivity index (χ0n) is 11.7. The van der Waals surface area contributed by atoms with Crippen molar-refractivity contribution < 1.29 is 14.7 Å². The van der Waals surface area contributed by atoms with Crippen LogP contribution in [0.25, 0.3) is 0 Å². The molecule has 2 N–H and O–H groups in total. The second-order valence-electron chi connectivity index (χ2n) is 5.39. The fraction of sp³-hybridized carbons (Fsp3) is 0.600. The van der Waals surface area contributed by atoms with Crippen molar-refractivity contribution in [2.45, 2.75) is 39.0 Å². The van der Waals surface area contributed by atoms with Crippen LogP contribution < -0.4 is 5.32 Å². The molecular weight excluding hydrogens is 274 g/mol. The molecule has 0 radical (unpaired) electrons. The Balaban J connectivity index is 1.79. The van der Waals surface area contributed by atoms with Crippen molar-refractivity contribution in [3.63, 3.8) is 0 Å². The summed E-state index contributed by atoms with van der Waals surface area (Å²) in [6.45, 7) is 2.71. The Hall–Kier alpha value is -1.36. The number of amides is 1. The number of aryl methyl sites for hydroxylation is 1. The monoisotopic (exact) mass is 295 g/mol. The summed E-state index contributed by atoms with van der Waals surface area (Å²) in [5, 5.41) is 13.9. The quantitative estimate of drug-likeness (QED) is 0.877. The SMILES string of the molecule is CCc1ccsc1C(=O)NCC1CCC(C(=O)O)CC1. The molecule has 1 heterocycles. The number of rotatable bonds is 5. The van der Waals surface area contributed by atoms with Crippen LogP contribution in [0.4, 0.5) is 0 Å². The Labute approximate surface area is 123 Å². The van der Waals surface area contributed by atoms with Crippen LogP contribution in [-0.2, 0) is 11.2 Å². The number of thiophene rings is 1. The highest BCUT2D eigenvalue weighted by atomic mass is 32.1. The lowest BCUT2D eigenvalue weighted by Gasteiger charge is -2.26. The minimum Gasteiger partial charge on any atom is -0.481 e. The average Bonchev–Trinajstić information content (AvgIpc) is 2.93. The van der Waals surface area contributed by atoms with Gasteiger partial charge >= 0.3 is 5.97 Å². The van der Waals surface area contributed by atoms with Crippen molar-refractivity contribution in [1.29, 1.82) is 0 Å². The molecule has 5 heteroatoms. The van der Waals surface area contributed by atoms with E-state index < -0.39 is 5.97 Å². The van der Waals surface area contributed by atoms with E-state index in [0.717, 1.165) is 42.5 Å². The van der Waals surface area contributed by atoms with E-state index in [1.165, 1.54) is 11.3 Å². The van der Waals surface area contributed by atoms with E-state index in [-0.39, 0.29) is 11.8 Å². The molecule has 0 saturated heterocycles. The van der Waals surface area contributed by atoms with Crippen molar-refractivity contribution >= 4 is 23.2 Å². The molecule has 1 aliphatic rings. The van der Waals surface area contributed by atoms with Gasteiger partial charge in [-0.2, -0.15) is 0 Å². The molecule has 110 valence electrons. The van der Waals surface area contributed by atoms with Gasteiger partial charge in [-0.1, -0.05) is 6.92 Å². The summed E-state index contributed by atoms with van der Waals surface area (Å²) in [7, 11) is 0. The van der Waals surface area contributed by atoms with Crippen LogP contribution in [0.5, 0.6) is 0 Å². The smallest absolute Gasteiger partial charge is 0.306 e. The summed E-state index contributed by atoms with van der Waals surface area (Å²) in [5.74, 6) is -0.443. The lowest BCUT2D eigenvalue weighted by molar-refractivity contribution is -0.143. The van der Waals surface area contributed by atoms with E-state index in [2.05, 4.69) is 5.32 Å². The number of carboxylic acids is 1. The zero-order valence-corrected chi connectivity index (χ0v) is 12.5. The molecule has 0 atom stereocenters. The first kappa shape index (κ1) is 15.0. The molecule has 1 aromatic heterocycles. The standard InChI is InChI=1S/C15H21NO3S/c1-2-11-7-8-20-13(11)14(17)16-9-10-3-5-12(6-4-10)15(18)19/h7-8,10,12H,2-6,9H2,1H3,(H,16,17)(H,18,19). The van der Waals surface area contributed by atoms with Crippen LogP contribution in [-0.4, -0.2) is 23.5 Å². The Morgan fingerprint density at radius 1 is 1.35 bits per heavy atom. The van der Waals surface area contributed by atoms with Gasteiger partial charge in [0.1, 0.15) is 0 Å². The van der Waals surface area contributed by atoms with E-state index in [1.807, 2.05) is 18.4 Å². The van der Waals surface area contributed by atoms with Crippen LogP contribution in [0.3, 0.4) is 0 Å². The van der Waals surface area contributed by atoms with Crippen molar-refractivity contribution in [2.24, 2.45) is 11.8 Å². The van der Waals surface area contributed by atoms with E-state index in [4.69, 9.17) is 5.11 Å². The van der Waals surface area contributed by atoms with Gasteiger partial charge in [-0.3, -0.25) is 9.59 Å². The first-order chi connectivity index (χ1) is 9.61. The molecule has 2 rings (SSSR count). The highest BCUT2D eigenvalue weighted by Crippen LogP contribution is 2.28. The highest BCUT2D eigenvalue weighted by molar-refractivity contribution is 7.12. The summed E-state index contributed by atoms with van der Waals surface area (Å²) < 4.78 is 0. The third kappa shape index (κ3) is 3.60. The number of aliphatic carboxylic acids is 1. The zero-order chi connectivity index (χ0) is 14.5. The molecule has 0 unspecified atom stereocenters. The number of nitrogens with one attached hydrogen (secondary N) is 1. The van der Waals surface area contributed by atoms with Gasteiger partial charge in [-0.15, -0.1) is 11.3 Å². The van der Waals surface area contributed by atoms with E-state index in [9.17, 15) is 9.59 Å². The molecule has 0 bridgehead atoms. The molecule has 1 aliphatic carbocycles. The van der Waals surface area contributed by atoms with Crippen LogP contribution in [0.15, 0.2) is 11.4 Å². The molecule has 1 saturated carbocycles. The Kier molecular flexibility index (Phi) is 5.17. The van der Waals surface area contributed by atoms with Crippen LogP contribution in [0.2, 0.25) is 0 Å². The van der Waals surface area contributed by atoms with Crippen molar-refractivity contribution in [2.75, 3.05) is 6.54 Å². The lowest BCUT2D eigenvalue weighted by Crippen LogP contribution is -2.32. The van der Waals surface area contributed by atoms with Crippen LogP contribution in [0.1, 0.15) is 47.8 Å². The number of hydrogen-bond donors (Lipinski definition) is 2. The third-order valence-electron chi connectivity index (χ3n) is 4.08. The first-order valence-corrected chi connectivity index (χ1v) is 8.07. The molecule has 20 heavy (non-hydrogen) atoms. The first-order valence-electron chi connectivity index (χ1n) is 7.19. The van der Waals surface area contributed by atoms with Gasteiger partial charge in [0.15, 0.2) is 0 Å². The van der Waals surface area contributed by atoms with E-state index >= 15 is 0 Å². The Morgan fingerprint density at radius 2 is 2.05 bits per heavy atom. The van der Waals surface area contributed by atoms with Gasteiger partial charge in [0.05, 0.1) is 10.8 Å².